The van der Waals surface area contributed by atoms with Gasteiger partial charge in [0.25, 0.3) is 0 Å². The number of aliphatic hydroxyl groups excluding tert-OH is 1. The molecule has 180 valence electrons. The van der Waals surface area contributed by atoms with Crippen molar-refractivity contribution in [2.45, 2.75) is 44.6 Å². The number of carbonyl (C=O) groups excluding carboxylic acids is 4. The molecule has 0 bridgehead atoms. The summed E-state index contributed by atoms with van der Waals surface area (Å²) >= 11 is 0. The van der Waals surface area contributed by atoms with Crippen LogP contribution < -0.4 is 0 Å². The number of hydrogen-bond acceptors (Lipinski definition) is 10. The molecule has 0 saturated carbocycles. The lowest BCUT2D eigenvalue weighted by Gasteiger charge is -2.42. The summed E-state index contributed by atoms with van der Waals surface area (Å²) in [7, 11) is 0. The highest BCUT2D eigenvalue weighted by atomic mass is 16.7. The number of ether oxygens (including phenoxy) is 5. The third-order valence-corrected chi connectivity index (χ3v) is 4.85. The lowest BCUT2D eigenvalue weighted by atomic mass is 9.98. The fourth-order valence-electron chi connectivity index (χ4n) is 3.40. The van der Waals surface area contributed by atoms with E-state index in [2.05, 4.69) is 0 Å². The van der Waals surface area contributed by atoms with Crippen molar-refractivity contribution in [3.8, 4) is 0 Å². The molecule has 0 spiro atoms. The SMILES string of the molecule is CC(=O)O[C@@H]1[C@@H](OC(C)=O)[C@@H](O)O[C@H](COC(=O)c2ccccc2)[C@H]1OC(=O)c1ccccc1. The Kier molecular flexibility index (Phi) is 8.34. The molecule has 1 aliphatic rings. The molecular weight excluding hydrogens is 448 g/mol. The minimum absolute atomic E-state index is 0.194. The van der Waals surface area contributed by atoms with Gasteiger partial charge in [0.15, 0.2) is 24.6 Å². The maximum absolute atomic E-state index is 12.8. The van der Waals surface area contributed by atoms with Crippen LogP contribution in [0.3, 0.4) is 0 Å². The van der Waals surface area contributed by atoms with E-state index in [9.17, 15) is 24.3 Å². The number of benzene rings is 2. The predicted molar refractivity (Wildman–Crippen MR) is 114 cm³/mol. The first-order valence-corrected chi connectivity index (χ1v) is 10.4. The number of esters is 4. The number of hydrogen-bond donors (Lipinski definition) is 1. The molecule has 0 aliphatic carbocycles. The highest BCUT2D eigenvalue weighted by Crippen LogP contribution is 2.29. The van der Waals surface area contributed by atoms with E-state index in [4.69, 9.17) is 23.7 Å². The van der Waals surface area contributed by atoms with Gasteiger partial charge in [-0.15, -0.1) is 0 Å². The Balaban J connectivity index is 1.87. The minimum Gasteiger partial charge on any atom is -0.459 e. The summed E-state index contributed by atoms with van der Waals surface area (Å²) in [6.45, 7) is 1.74. The van der Waals surface area contributed by atoms with Crippen molar-refractivity contribution in [1.29, 1.82) is 0 Å². The molecular formula is C24H24O10. The van der Waals surface area contributed by atoms with E-state index in [0.717, 1.165) is 13.8 Å². The number of rotatable bonds is 7. The molecule has 5 atom stereocenters. The van der Waals surface area contributed by atoms with Gasteiger partial charge in [-0.3, -0.25) is 9.59 Å². The molecule has 0 radical (unpaired) electrons. The van der Waals surface area contributed by atoms with Gasteiger partial charge in [-0.2, -0.15) is 0 Å². The molecule has 0 unspecified atom stereocenters. The second kappa shape index (κ2) is 11.4. The summed E-state index contributed by atoms with van der Waals surface area (Å²) in [4.78, 5) is 48.5. The third-order valence-electron chi connectivity index (χ3n) is 4.85. The normalized spacial score (nSPS) is 23.9. The Morgan fingerprint density at radius 1 is 0.735 bits per heavy atom. The minimum atomic E-state index is -1.75. The van der Waals surface area contributed by atoms with E-state index in [-0.39, 0.29) is 11.1 Å². The molecule has 0 amide bonds. The lowest BCUT2D eigenvalue weighted by Crippen LogP contribution is -2.62. The van der Waals surface area contributed by atoms with Crippen molar-refractivity contribution >= 4 is 23.9 Å². The third kappa shape index (κ3) is 6.40. The Bertz CT molecular complexity index is 1010. The first kappa shape index (κ1) is 24.9. The van der Waals surface area contributed by atoms with Crippen molar-refractivity contribution in [2.75, 3.05) is 6.61 Å². The number of aliphatic hydroxyl groups is 1. The summed E-state index contributed by atoms with van der Waals surface area (Å²) < 4.78 is 26.7. The van der Waals surface area contributed by atoms with Gasteiger partial charge < -0.3 is 28.8 Å². The molecule has 1 aliphatic heterocycles. The first-order valence-electron chi connectivity index (χ1n) is 10.4. The van der Waals surface area contributed by atoms with Gasteiger partial charge in [0.05, 0.1) is 11.1 Å². The summed E-state index contributed by atoms with van der Waals surface area (Å²) in [5.74, 6) is -3.04. The first-order chi connectivity index (χ1) is 16.3. The average Bonchev–Trinajstić information content (AvgIpc) is 2.82. The zero-order chi connectivity index (χ0) is 24.7. The molecule has 1 N–H and O–H groups in total. The Hall–Kier alpha value is -3.76. The molecule has 10 heteroatoms. The van der Waals surface area contributed by atoms with Crippen LogP contribution in [0.2, 0.25) is 0 Å². The van der Waals surface area contributed by atoms with E-state index in [1.165, 1.54) is 12.1 Å². The van der Waals surface area contributed by atoms with Crippen LogP contribution in [0, 0.1) is 0 Å². The van der Waals surface area contributed by atoms with Crippen LogP contribution in [0.15, 0.2) is 60.7 Å². The second-order valence-electron chi connectivity index (χ2n) is 7.41. The maximum atomic E-state index is 12.8. The van der Waals surface area contributed by atoms with Gasteiger partial charge in [0.1, 0.15) is 12.7 Å². The largest absolute Gasteiger partial charge is 0.459 e. The van der Waals surface area contributed by atoms with Crippen molar-refractivity contribution < 1.29 is 48.0 Å². The second-order valence-corrected chi connectivity index (χ2v) is 7.41. The van der Waals surface area contributed by atoms with Crippen LogP contribution in [-0.2, 0) is 33.3 Å². The monoisotopic (exact) mass is 472 g/mol. The molecule has 1 saturated heterocycles. The van der Waals surface area contributed by atoms with Gasteiger partial charge in [-0.05, 0) is 24.3 Å². The zero-order valence-corrected chi connectivity index (χ0v) is 18.5. The standard InChI is InChI=1S/C24H24O10/c1-14(25)31-20-19(34-23(28)17-11-7-4-8-12-17)18(33-24(29)21(20)32-15(2)26)13-30-22(27)16-9-5-3-6-10-16/h3-12,18-21,24,29H,13H2,1-2H3/t18-,19-,20+,21-,24+/m1/s1. The molecule has 1 fully saturated rings. The topological polar surface area (TPSA) is 135 Å². The van der Waals surface area contributed by atoms with Crippen molar-refractivity contribution in [3.05, 3.63) is 71.8 Å². The molecule has 1 heterocycles. The summed E-state index contributed by atoms with van der Waals surface area (Å²) in [6, 6.07) is 16.1. The molecule has 34 heavy (non-hydrogen) atoms. The van der Waals surface area contributed by atoms with Crippen molar-refractivity contribution in [1.82, 2.24) is 0 Å². The summed E-state index contributed by atoms with van der Waals surface area (Å²) in [6.07, 6.45) is -7.30. The highest BCUT2D eigenvalue weighted by molar-refractivity contribution is 5.90. The number of carbonyl (C=O) groups is 4. The molecule has 2 aromatic carbocycles. The quantitative estimate of drug-likeness (QED) is 0.468. The van der Waals surface area contributed by atoms with E-state index in [1.807, 2.05) is 0 Å². The van der Waals surface area contributed by atoms with E-state index < -0.39 is 61.2 Å². The lowest BCUT2D eigenvalue weighted by molar-refractivity contribution is -0.292. The fraction of sp³-hybridized carbons (Fsp3) is 0.333. The van der Waals surface area contributed by atoms with Gasteiger partial charge in [0, 0.05) is 13.8 Å². The van der Waals surface area contributed by atoms with Gasteiger partial charge in [-0.1, -0.05) is 36.4 Å². The fourth-order valence-corrected chi connectivity index (χ4v) is 3.40. The van der Waals surface area contributed by atoms with Crippen molar-refractivity contribution in [3.63, 3.8) is 0 Å². The van der Waals surface area contributed by atoms with Crippen LogP contribution in [0.4, 0.5) is 0 Å². The van der Waals surface area contributed by atoms with E-state index in [0.29, 0.717) is 0 Å². The van der Waals surface area contributed by atoms with Crippen LogP contribution >= 0.6 is 0 Å². The van der Waals surface area contributed by atoms with Crippen LogP contribution in [0.5, 0.6) is 0 Å². The van der Waals surface area contributed by atoms with Crippen LogP contribution in [0.1, 0.15) is 34.6 Å². The highest BCUT2D eigenvalue weighted by Gasteiger charge is 2.52. The zero-order valence-electron chi connectivity index (χ0n) is 18.5. The average molecular weight is 472 g/mol. The molecule has 10 nitrogen and oxygen atoms in total. The Morgan fingerprint density at radius 2 is 1.24 bits per heavy atom. The van der Waals surface area contributed by atoms with Crippen LogP contribution in [-0.4, -0.2) is 66.3 Å². The molecule has 3 rings (SSSR count). The maximum Gasteiger partial charge on any atom is 0.338 e. The Labute approximate surface area is 195 Å². The Morgan fingerprint density at radius 3 is 1.76 bits per heavy atom. The van der Waals surface area contributed by atoms with Gasteiger partial charge in [-0.25, -0.2) is 9.59 Å². The molecule has 2 aromatic rings. The van der Waals surface area contributed by atoms with E-state index in [1.54, 1.807) is 48.5 Å². The van der Waals surface area contributed by atoms with Crippen molar-refractivity contribution in [2.24, 2.45) is 0 Å². The summed E-state index contributed by atoms with van der Waals surface area (Å²) in [5, 5.41) is 10.5. The smallest absolute Gasteiger partial charge is 0.338 e. The van der Waals surface area contributed by atoms with Crippen LogP contribution in [0.25, 0.3) is 0 Å². The van der Waals surface area contributed by atoms with E-state index >= 15 is 0 Å². The molecule has 0 aromatic heterocycles. The summed E-state index contributed by atoms with van der Waals surface area (Å²) in [5.41, 5.74) is 0.463. The predicted octanol–water partition coefficient (Wildman–Crippen LogP) is 1.65. The van der Waals surface area contributed by atoms with Gasteiger partial charge >= 0.3 is 23.9 Å². The van der Waals surface area contributed by atoms with Gasteiger partial charge in [0.2, 0.25) is 0 Å².